The number of rotatable bonds is 6. The first-order valence-corrected chi connectivity index (χ1v) is 8.63. The van der Waals surface area contributed by atoms with Gasteiger partial charge in [0.05, 0.1) is 44.0 Å². The smallest absolute Gasteiger partial charge is 0.239 e. The second-order valence-electron chi connectivity index (χ2n) is 5.76. The molecular weight excluding hydrogens is 360 g/mol. The van der Waals surface area contributed by atoms with Crippen LogP contribution in [0.1, 0.15) is 17.7 Å². The van der Waals surface area contributed by atoms with Crippen molar-refractivity contribution in [1.82, 2.24) is 10.6 Å². The van der Waals surface area contributed by atoms with E-state index in [4.69, 9.17) is 25.5 Å². The Morgan fingerprint density at radius 3 is 2.77 bits per heavy atom. The van der Waals surface area contributed by atoms with Gasteiger partial charge in [-0.1, -0.05) is 11.6 Å². The zero-order chi connectivity index (χ0) is 18.4. The number of carbonyl (C=O) groups is 2. The number of halogens is 1. The Balaban J connectivity index is 1.49. The standard InChI is InChI=1S/C18H19ClN2O5/c19-14-7-12(8-15-18(14)26-6-2-5-25-15)9-16(22)21-11-17(23)20-10-13-3-1-4-24-13/h1,3-4,7-8H,2,5-6,9-11H2,(H,20,23)(H,21,22). The molecular formula is C18H19ClN2O5. The van der Waals surface area contributed by atoms with Gasteiger partial charge in [-0.25, -0.2) is 0 Å². The van der Waals surface area contributed by atoms with Crippen LogP contribution in [-0.4, -0.2) is 31.6 Å². The first kappa shape index (κ1) is 18.1. The van der Waals surface area contributed by atoms with Crippen molar-refractivity contribution >= 4 is 23.4 Å². The number of ether oxygens (including phenoxy) is 2. The molecule has 0 unspecified atom stereocenters. The minimum absolute atomic E-state index is 0.0851. The zero-order valence-electron chi connectivity index (χ0n) is 14.0. The molecule has 1 aliphatic heterocycles. The van der Waals surface area contributed by atoms with Gasteiger partial charge in [0.25, 0.3) is 0 Å². The summed E-state index contributed by atoms with van der Waals surface area (Å²) in [5.41, 5.74) is 0.688. The van der Waals surface area contributed by atoms with E-state index in [1.807, 2.05) is 0 Å². The van der Waals surface area contributed by atoms with Crippen LogP contribution in [0.2, 0.25) is 5.02 Å². The lowest BCUT2D eigenvalue weighted by Crippen LogP contribution is -2.37. The number of benzene rings is 1. The second kappa shape index (κ2) is 8.62. The fraction of sp³-hybridized carbons (Fsp3) is 0.333. The molecule has 2 heterocycles. The molecule has 138 valence electrons. The first-order valence-electron chi connectivity index (χ1n) is 8.25. The maximum Gasteiger partial charge on any atom is 0.239 e. The second-order valence-corrected chi connectivity index (χ2v) is 6.17. The Morgan fingerprint density at radius 1 is 1.12 bits per heavy atom. The van der Waals surface area contributed by atoms with Crippen molar-refractivity contribution in [3.63, 3.8) is 0 Å². The SMILES string of the molecule is O=C(CNC(=O)Cc1cc(Cl)c2c(c1)OCCCO2)NCc1ccco1. The Kier molecular flexibility index (Phi) is 6.01. The van der Waals surface area contributed by atoms with Crippen LogP contribution in [0.15, 0.2) is 34.9 Å². The van der Waals surface area contributed by atoms with E-state index in [-0.39, 0.29) is 31.3 Å². The maximum atomic E-state index is 12.1. The van der Waals surface area contributed by atoms with E-state index in [0.717, 1.165) is 6.42 Å². The highest BCUT2D eigenvalue weighted by Gasteiger charge is 2.17. The van der Waals surface area contributed by atoms with Gasteiger partial charge in [0.1, 0.15) is 5.76 Å². The van der Waals surface area contributed by atoms with Gasteiger partial charge >= 0.3 is 0 Å². The Morgan fingerprint density at radius 2 is 1.96 bits per heavy atom. The number of hydrogen-bond acceptors (Lipinski definition) is 5. The third-order valence-corrected chi connectivity index (χ3v) is 3.99. The molecule has 2 amide bonds. The molecule has 26 heavy (non-hydrogen) atoms. The summed E-state index contributed by atoms with van der Waals surface area (Å²) < 4.78 is 16.3. The van der Waals surface area contributed by atoms with Crippen molar-refractivity contribution < 1.29 is 23.5 Å². The highest BCUT2D eigenvalue weighted by molar-refractivity contribution is 6.32. The van der Waals surface area contributed by atoms with E-state index >= 15 is 0 Å². The van der Waals surface area contributed by atoms with Crippen LogP contribution < -0.4 is 20.1 Å². The van der Waals surface area contributed by atoms with Crippen molar-refractivity contribution in [2.45, 2.75) is 19.4 Å². The van der Waals surface area contributed by atoms with E-state index in [1.54, 1.807) is 24.3 Å². The van der Waals surface area contributed by atoms with E-state index in [1.165, 1.54) is 6.26 Å². The predicted octanol–water partition coefficient (Wildman–Crippen LogP) is 2.07. The Bertz CT molecular complexity index is 776. The molecule has 2 aromatic rings. The Labute approximate surface area is 155 Å². The topological polar surface area (TPSA) is 89.8 Å². The number of nitrogens with one attached hydrogen (secondary N) is 2. The molecule has 7 nitrogen and oxygen atoms in total. The van der Waals surface area contributed by atoms with Crippen LogP contribution in [0.5, 0.6) is 11.5 Å². The quantitative estimate of drug-likeness (QED) is 0.803. The average Bonchev–Trinajstić information content (AvgIpc) is 3.02. The van der Waals surface area contributed by atoms with Crippen LogP contribution in [-0.2, 0) is 22.6 Å². The van der Waals surface area contributed by atoms with Crippen molar-refractivity contribution in [2.24, 2.45) is 0 Å². The number of hydrogen-bond donors (Lipinski definition) is 2. The fourth-order valence-corrected chi connectivity index (χ4v) is 2.76. The van der Waals surface area contributed by atoms with Crippen LogP contribution in [0.25, 0.3) is 0 Å². The largest absolute Gasteiger partial charge is 0.489 e. The summed E-state index contributed by atoms with van der Waals surface area (Å²) in [6.45, 7) is 1.24. The molecule has 1 aromatic heterocycles. The van der Waals surface area contributed by atoms with Crippen molar-refractivity contribution in [1.29, 1.82) is 0 Å². The number of furan rings is 1. The van der Waals surface area contributed by atoms with Crippen molar-refractivity contribution in [3.05, 3.63) is 46.9 Å². The van der Waals surface area contributed by atoms with Crippen LogP contribution in [0.4, 0.5) is 0 Å². The lowest BCUT2D eigenvalue weighted by atomic mass is 10.1. The molecule has 0 bridgehead atoms. The molecule has 0 spiro atoms. The number of carbonyl (C=O) groups excluding carboxylic acids is 2. The molecule has 0 atom stereocenters. The van der Waals surface area contributed by atoms with Crippen LogP contribution >= 0.6 is 11.6 Å². The molecule has 0 saturated carbocycles. The molecule has 8 heteroatoms. The van der Waals surface area contributed by atoms with Gasteiger partial charge in [-0.15, -0.1) is 0 Å². The summed E-state index contributed by atoms with van der Waals surface area (Å²) in [6.07, 6.45) is 2.39. The minimum atomic E-state index is -0.300. The van der Waals surface area contributed by atoms with Crippen LogP contribution in [0.3, 0.4) is 0 Å². The molecule has 2 N–H and O–H groups in total. The van der Waals surface area contributed by atoms with Gasteiger partial charge in [-0.3, -0.25) is 9.59 Å². The van der Waals surface area contributed by atoms with Crippen molar-refractivity contribution in [2.75, 3.05) is 19.8 Å². The third-order valence-electron chi connectivity index (χ3n) is 3.71. The lowest BCUT2D eigenvalue weighted by molar-refractivity contribution is -0.125. The van der Waals surface area contributed by atoms with Gasteiger partial charge in [0.15, 0.2) is 11.5 Å². The van der Waals surface area contributed by atoms with E-state index in [2.05, 4.69) is 10.6 Å². The average molecular weight is 379 g/mol. The summed E-state index contributed by atoms with van der Waals surface area (Å²) >= 11 is 6.21. The van der Waals surface area contributed by atoms with E-state index in [0.29, 0.717) is 41.1 Å². The Hall–Kier alpha value is -2.67. The van der Waals surface area contributed by atoms with Gasteiger partial charge in [-0.2, -0.15) is 0 Å². The highest BCUT2D eigenvalue weighted by atomic mass is 35.5. The van der Waals surface area contributed by atoms with Gasteiger partial charge in [-0.05, 0) is 29.8 Å². The first-order chi connectivity index (χ1) is 12.6. The summed E-state index contributed by atoms with van der Waals surface area (Å²) in [7, 11) is 0. The molecule has 0 aliphatic carbocycles. The van der Waals surface area contributed by atoms with Gasteiger partial charge in [0.2, 0.25) is 11.8 Å². The summed E-state index contributed by atoms with van der Waals surface area (Å²) in [4.78, 5) is 23.8. The summed E-state index contributed by atoms with van der Waals surface area (Å²) in [6, 6.07) is 6.91. The molecule has 1 aromatic carbocycles. The number of fused-ring (bicyclic) bond motifs is 1. The maximum absolute atomic E-state index is 12.1. The molecule has 0 radical (unpaired) electrons. The zero-order valence-corrected chi connectivity index (χ0v) is 14.8. The summed E-state index contributed by atoms with van der Waals surface area (Å²) in [5, 5.41) is 5.64. The molecule has 1 aliphatic rings. The van der Waals surface area contributed by atoms with Crippen molar-refractivity contribution in [3.8, 4) is 11.5 Å². The normalized spacial score (nSPS) is 13.0. The van der Waals surface area contributed by atoms with Gasteiger partial charge < -0.3 is 24.5 Å². The summed E-state index contributed by atoms with van der Waals surface area (Å²) in [5.74, 6) is 1.10. The van der Waals surface area contributed by atoms with Crippen LogP contribution in [0, 0.1) is 0 Å². The predicted molar refractivity (Wildman–Crippen MR) is 94.3 cm³/mol. The highest BCUT2D eigenvalue weighted by Crippen LogP contribution is 2.38. The van der Waals surface area contributed by atoms with E-state index < -0.39 is 0 Å². The molecule has 0 fully saturated rings. The molecule has 0 saturated heterocycles. The molecule has 3 rings (SSSR count). The monoisotopic (exact) mass is 378 g/mol. The van der Waals surface area contributed by atoms with Gasteiger partial charge in [0, 0.05) is 6.42 Å². The van der Waals surface area contributed by atoms with E-state index in [9.17, 15) is 9.59 Å². The number of amides is 2. The third kappa shape index (κ3) is 4.92. The fourth-order valence-electron chi connectivity index (χ4n) is 2.47. The minimum Gasteiger partial charge on any atom is -0.489 e. The lowest BCUT2D eigenvalue weighted by Gasteiger charge is -2.11.